The van der Waals surface area contributed by atoms with Gasteiger partial charge in [-0.15, -0.1) is 0 Å². The van der Waals surface area contributed by atoms with Gasteiger partial charge in [0.1, 0.15) is 12.1 Å². The van der Waals surface area contributed by atoms with E-state index in [1.165, 1.54) is 35.2 Å². The number of fused-ring (bicyclic) bond motifs is 2. The van der Waals surface area contributed by atoms with Crippen LogP contribution in [0.25, 0.3) is 0 Å². The molecule has 0 fully saturated rings. The Morgan fingerprint density at radius 3 is 2.90 bits per heavy atom. The number of anilines is 1. The second-order valence-corrected chi connectivity index (χ2v) is 6.04. The number of aryl methyl sites for hydroxylation is 1. The molecule has 1 aromatic heterocycles. The summed E-state index contributed by atoms with van der Waals surface area (Å²) < 4.78 is 0. The molecular weight excluding hydrogens is 260 g/mol. The molecule has 0 aliphatic heterocycles. The van der Waals surface area contributed by atoms with Crippen LogP contribution >= 0.6 is 0 Å². The molecule has 1 heterocycles. The van der Waals surface area contributed by atoms with Gasteiger partial charge >= 0.3 is 0 Å². The topological polar surface area (TPSA) is 63.8 Å². The number of nitrogens with zero attached hydrogens (tertiary/aromatic N) is 2. The first-order valence-corrected chi connectivity index (χ1v) is 7.75. The van der Waals surface area contributed by atoms with Crippen molar-refractivity contribution in [3.63, 3.8) is 0 Å². The summed E-state index contributed by atoms with van der Waals surface area (Å²) in [7, 11) is 0. The van der Waals surface area contributed by atoms with E-state index in [-0.39, 0.29) is 12.1 Å². The van der Waals surface area contributed by atoms with E-state index >= 15 is 0 Å². The zero-order valence-electron chi connectivity index (χ0n) is 12.0. The molecule has 2 aliphatic rings. The fourth-order valence-electron chi connectivity index (χ4n) is 3.60. The van der Waals surface area contributed by atoms with E-state index in [4.69, 9.17) is 5.73 Å². The van der Waals surface area contributed by atoms with Crippen molar-refractivity contribution in [2.45, 2.75) is 44.2 Å². The molecule has 108 valence electrons. The maximum absolute atomic E-state index is 6.35. The minimum atomic E-state index is 0.108. The highest BCUT2D eigenvalue weighted by Crippen LogP contribution is 2.34. The fraction of sp³-hybridized carbons (Fsp3) is 0.412. The number of aromatic nitrogens is 2. The number of nitrogens with two attached hydrogens (primary N) is 1. The molecule has 2 aromatic rings. The molecule has 4 nitrogen and oxygen atoms in total. The van der Waals surface area contributed by atoms with E-state index in [0.717, 1.165) is 25.1 Å². The van der Waals surface area contributed by atoms with Gasteiger partial charge in [0, 0.05) is 17.3 Å². The lowest BCUT2D eigenvalue weighted by molar-refractivity contribution is 0.616. The number of hydrogen-bond acceptors (Lipinski definition) is 4. The summed E-state index contributed by atoms with van der Waals surface area (Å²) >= 11 is 0. The standard InChI is InChI=1S/C17H20N4/c18-14-9-11-5-1-2-6-12(11)16(14)21-17-13-7-3-4-8-15(13)19-10-20-17/h1-2,5-6,10,14,16H,3-4,7-9,18H2,(H,19,20,21). The summed E-state index contributed by atoms with van der Waals surface area (Å²) in [6.07, 6.45) is 7.21. The van der Waals surface area contributed by atoms with Crippen molar-refractivity contribution in [2.75, 3.05) is 5.32 Å². The molecule has 0 spiro atoms. The van der Waals surface area contributed by atoms with E-state index in [0.29, 0.717) is 0 Å². The van der Waals surface area contributed by atoms with Crippen LogP contribution in [0.5, 0.6) is 0 Å². The minimum Gasteiger partial charge on any atom is -0.361 e. The fourth-order valence-corrected chi connectivity index (χ4v) is 3.60. The molecule has 2 unspecified atom stereocenters. The molecule has 0 saturated carbocycles. The highest BCUT2D eigenvalue weighted by Gasteiger charge is 2.30. The molecule has 1 aromatic carbocycles. The van der Waals surface area contributed by atoms with E-state index in [1.54, 1.807) is 6.33 Å². The van der Waals surface area contributed by atoms with Crippen LogP contribution in [0.1, 0.15) is 41.3 Å². The average Bonchev–Trinajstić information content (AvgIpc) is 2.84. The van der Waals surface area contributed by atoms with Crippen molar-refractivity contribution in [1.82, 2.24) is 9.97 Å². The predicted molar refractivity (Wildman–Crippen MR) is 83.2 cm³/mol. The van der Waals surface area contributed by atoms with Crippen LogP contribution in [0.4, 0.5) is 5.82 Å². The summed E-state index contributed by atoms with van der Waals surface area (Å²) in [4.78, 5) is 8.92. The van der Waals surface area contributed by atoms with Gasteiger partial charge in [-0.1, -0.05) is 24.3 Å². The third kappa shape index (κ3) is 2.20. The summed E-state index contributed by atoms with van der Waals surface area (Å²) in [6.45, 7) is 0. The summed E-state index contributed by atoms with van der Waals surface area (Å²) in [5, 5.41) is 3.60. The molecule has 2 aliphatic carbocycles. The molecule has 0 amide bonds. The third-order valence-electron chi connectivity index (χ3n) is 4.69. The SMILES string of the molecule is NC1Cc2ccccc2C1Nc1ncnc2c1CCCC2. The zero-order chi connectivity index (χ0) is 14.2. The van der Waals surface area contributed by atoms with Crippen LogP contribution in [0.15, 0.2) is 30.6 Å². The number of hydrogen-bond donors (Lipinski definition) is 2. The van der Waals surface area contributed by atoms with E-state index in [1.807, 2.05) is 0 Å². The predicted octanol–water partition coefficient (Wildman–Crippen LogP) is 2.39. The second-order valence-electron chi connectivity index (χ2n) is 6.04. The van der Waals surface area contributed by atoms with Gasteiger partial charge in [0.25, 0.3) is 0 Å². The van der Waals surface area contributed by atoms with E-state index < -0.39 is 0 Å². The van der Waals surface area contributed by atoms with Gasteiger partial charge in [0.05, 0.1) is 6.04 Å². The molecular formula is C17H20N4. The zero-order valence-corrected chi connectivity index (χ0v) is 12.0. The van der Waals surface area contributed by atoms with Gasteiger partial charge in [0.2, 0.25) is 0 Å². The third-order valence-corrected chi connectivity index (χ3v) is 4.69. The molecule has 0 radical (unpaired) electrons. The van der Waals surface area contributed by atoms with Crippen molar-refractivity contribution in [1.29, 1.82) is 0 Å². The van der Waals surface area contributed by atoms with Crippen LogP contribution in [-0.2, 0) is 19.3 Å². The Bertz CT molecular complexity index is 668. The molecule has 3 N–H and O–H groups in total. The Morgan fingerprint density at radius 2 is 1.95 bits per heavy atom. The van der Waals surface area contributed by atoms with Crippen molar-refractivity contribution < 1.29 is 0 Å². The first-order chi connectivity index (χ1) is 10.3. The first kappa shape index (κ1) is 12.8. The van der Waals surface area contributed by atoms with Gasteiger partial charge in [-0.25, -0.2) is 9.97 Å². The van der Waals surface area contributed by atoms with Crippen LogP contribution < -0.4 is 11.1 Å². The van der Waals surface area contributed by atoms with E-state index in [2.05, 4.69) is 39.6 Å². The van der Waals surface area contributed by atoms with Gasteiger partial charge in [-0.2, -0.15) is 0 Å². The Labute approximate surface area is 124 Å². The molecule has 21 heavy (non-hydrogen) atoms. The van der Waals surface area contributed by atoms with Crippen LogP contribution in [-0.4, -0.2) is 16.0 Å². The van der Waals surface area contributed by atoms with Crippen molar-refractivity contribution in [3.8, 4) is 0 Å². The number of benzene rings is 1. The van der Waals surface area contributed by atoms with Gasteiger partial charge in [-0.3, -0.25) is 0 Å². The van der Waals surface area contributed by atoms with Crippen LogP contribution in [0.2, 0.25) is 0 Å². The maximum Gasteiger partial charge on any atom is 0.133 e. The van der Waals surface area contributed by atoms with Crippen molar-refractivity contribution >= 4 is 5.82 Å². The summed E-state index contributed by atoms with van der Waals surface area (Å²) in [5.41, 5.74) is 11.5. The molecule has 2 atom stereocenters. The second kappa shape index (κ2) is 5.11. The highest BCUT2D eigenvalue weighted by atomic mass is 15.1. The normalized spacial score (nSPS) is 23.5. The van der Waals surface area contributed by atoms with Gasteiger partial charge in [-0.05, 0) is 43.2 Å². The lowest BCUT2D eigenvalue weighted by Crippen LogP contribution is -2.30. The number of nitrogens with one attached hydrogen (secondary N) is 1. The monoisotopic (exact) mass is 280 g/mol. The summed E-state index contributed by atoms with van der Waals surface area (Å²) in [6, 6.07) is 8.78. The van der Waals surface area contributed by atoms with Crippen molar-refractivity contribution in [3.05, 3.63) is 53.0 Å². The Kier molecular flexibility index (Phi) is 3.11. The molecule has 0 saturated heterocycles. The van der Waals surface area contributed by atoms with Crippen molar-refractivity contribution in [2.24, 2.45) is 5.73 Å². The van der Waals surface area contributed by atoms with E-state index in [9.17, 15) is 0 Å². The lowest BCUT2D eigenvalue weighted by atomic mass is 9.96. The first-order valence-electron chi connectivity index (χ1n) is 7.75. The Balaban J connectivity index is 1.68. The number of rotatable bonds is 2. The Morgan fingerprint density at radius 1 is 1.10 bits per heavy atom. The maximum atomic E-state index is 6.35. The van der Waals surface area contributed by atoms with Crippen LogP contribution in [0, 0.1) is 0 Å². The molecule has 4 rings (SSSR count). The largest absolute Gasteiger partial charge is 0.361 e. The Hall–Kier alpha value is -1.94. The summed E-state index contributed by atoms with van der Waals surface area (Å²) in [5.74, 6) is 0.983. The average molecular weight is 280 g/mol. The lowest BCUT2D eigenvalue weighted by Gasteiger charge is -2.23. The quantitative estimate of drug-likeness (QED) is 0.886. The molecule has 0 bridgehead atoms. The molecule has 4 heteroatoms. The smallest absolute Gasteiger partial charge is 0.133 e. The van der Waals surface area contributed by atoms with Gasteiger partial charge < -0.3 is 11.1 Å². The van der Waals surface area contributed by atoms with Crippen LogP contribution in [0.3, 0.4) is 0 Å². The minimum absolute atomic E-state index is 0.108. The highest BCUT2D eigenvalue weighted by molar-refractivity contribution is 5.51. The van der Waals surface area contributed by atoms with Gasteiger partial charge in [0.15, 0.2) is 0 Å².